The van der Waals surface area contributed by atoms with Crippen LogP contribution in [0.3, 0.4) is 0 Å². The highest BCUT2D eigenvalue weighted by Gasteiger charge is 2.11. The Morgan fingerprint density at radius 3 is 1.38 bits per heavy atom. The maximum atomic E-state index is 2.39. The fraction of sp³-hybridized carbons (Fsp3) is 0.200. The molecule has 5 aromatic rings. The van der Waals surface area contributed by atoms with Crippen molar-refractivity contribution in [2.24, 2.45) is 0 Å². The van der Waals surface area contributed by atoms with Crippen molar-refractivity contribution in [1.82, 2.24) is 0 Å². The molecule has 0 aliphatic carbocycles. The summed E-state index contributed by atoms with van der Waals surface area (Å²) in [6, 6.07) is 26.4. The van der Waals surface area contributed by atoms with Crippen molar-refractivity contribution in [2.45, 2.75) is 31.9 Å². The summed E-state index contributed by atoms with van der Waals surface area (Å²) < 4.78 is 0. The third-order valence-corrected chi connectivity index (χ3v) is 5.71. The average Bonchev–Trinajstić information content (AvgIpc) is 2.74. The van der Waals surface area contributed by atoms with Gasteiger partial charge in [-0.05, 0) is 43.1 Å². The number of rotatable bonds is 0. The van der Waals surface area contributed by atoms with E-state index in [9.17, 15) is 0 Å². The van der Waals surface area contributed by atoms with Crippen molar-refractivity contribution in [3.05, 3.63) is 72.8 Å². The summed E-state index contributed by atoms with van der Waals surface area (Å²) in [5.41, 5.74) is 0. The van der Waals surface area contributed by atoms with Crippen LogP contribution in [0.4, 0.5) is 0 Å². The lowest BCUT2D eigenvalue weighted by Crippen LogP contribution is -1.94. The highest BCUT2D eigenvalue weighted by atomic mass is 14.1. The summed E-state index contributed by atoms with van der Waals surface area (Å²) in [6.45, 7) is 0. The van der Waals surface area contributed by atoms with Gasteiger partial charge in [0.05, 0.1) is 0 Å². The Hall–Kier alpha value is -2.54. The molecule has 26 heavy (non-hydrogen) atoms. The molecular formula is C25H22B. The van der Waals surface area contributed by atoms with Gasteiger partial charge in [-0.1, -0.05) is 105 Å². The van der Waals surface area contributed by atoms with E-state index >= 15 is 0 Å². The molecule has 0 bridgehead atoms. The predicted molar refractivity (Wildman–Crippen MR) is 117 cm³/mol. The first-order valence-electron chi connectivity index (χ1n) is 9.79. The standard InChI is InChI=1S/C20H12.C5H10B/c1-2-8-16-15(7-1)17-9-3-5-13-11-12-14-6-4-10-18(16)20(14)19(13)17;1-2-4-6-5-3-1/h1-12H;1-5H2. The smallest absolute Gasteiger partial charge is 0.0803 e. The summed E-state index contributed by atoms with van der Waals surface area (Å²) in [5, 5.41) is 10.9. The molecule has 5 aromatic carbocycles. The summed E-state index contributed by atoms with van der Waals surface area (Å²) in [5.74, 6) is 0. The Morgan fingerprint density at radius 2 is 0.962 bits per heavy atom. The van der Waals surface area contributed by atoms with E-state index in [1.54, 1.807) is 0 Å². The molecule has 1 heteroatoms. The van der Waals surface area contributed by atoms with E-state index in [4.69, 9.17) is 0 Å². The van der Waals surface area contributed by atoms with Gasteiger partial charge in [-0.15, -0.1) is 0 Å². The second-order valence-corrected chi connectivity index (χ2v) is 7.35. The highest BCUT2D eigenvalue weighted by molar-refractivity contribution is 6.35. The van der Waals surface area contributed by atoms with Crippen molar-refractivity contribution in [3.8, 4) is 0 Å². The normalized spacial score (nSPS) is 14.5. The molecule has 1 fully saturated rings. The monoisotopic (exact) mass is 333 g/mol. The lowest BCUT2D eigenvalue weighted by molar-refractivity contribution is 0.734. The van der Waals surface area contributed by atoms with Crippen LogP contribution in [0.1, 0.15) is 19.3 Å². The van der Waals surface area contributed by atoms with E-state index in [-0.39, 0.29) is 0 Å². The van der Waals surface area contributed by atoms with Crippen molar-refractivity contribution in [3.63, 3.8) is 0 Å². The summed E-state index contributed by atoms with van der Waals surface area (Å²) in [7, 11) is 2.39. The van der Waals surface area contributed by atoms with Gasteiger partial charge in [0.15, 0.2) is 0 Å². The maximum Gasteiger partial charge on any atom is 0.109 e. The summed E-state index contributed by atoms with van der Waals surface area (Å²) in [6.07, 6.45) is 7.11. The minimum absolute atomic E-state index is 1.33. The fourth-order valence-electron chi connectivity index (χ4n) is 4.46. The van der Waals surface area contributed by atoms with E-state index in [0.29, 0.717) is 0 Å². The molecule has 125 valence electrons. The molecule has 1 aliphatic rings. The van der Waals surface area contributed by atoms with Crippen LogP contribution in [0, 0.1) is 0 Å². The Bertz CT molecular complexity index is 1080. The predicted octanol–water partition coefficient (Wildman–Crippen LogP) is 7.45. The van der Waals surface area contributed by atoms with Crippen molar-refractivity contribution in [1.29, 1.82) is 0 Å². The average molecular weight is 333 g/mol. The minimum Gasteiger partial charge on any atom is -0.0803 e. The van der Waals surface area contributed by atoms with Gasteiger partial charge >= 0.3 is 0 Å². The van der Waals surface area contributed by atoms with Crippen molar-refractivity contribution in [2.75, 3.05) is 0 Å². The maximum absolute atomic E-state index is 2.39. The molecule has 6 rings (SSSR count). The van der Waals surface area contributed by atoms with Crippen LogP contribution in [0.5, 0.6) is 0 Å². The lowest BCUT2D eigenvalue weighted by Gasteiger charge is -2.14. The van der Waals surface area contributed by atoms with Gasteiger partial charge < -0.3 is 0 Å². The molecule has 0 nitrogen and oxygen atoms in total. The van der Waals surface area contributed by atoms with Gasteiger partial charge in [-0.3, -0.25) is 0 Å². The quantitative estimate of drug-likeness (QED) is 0.157. The molecule has 1 saturated heterocycles. The first-order chi connectivity index (χ1) is 12.9. The summed E-state index contributed by atoms with van der Waals surface area (Å²) >= 11 is 0. The van der Waals surface area contributed by atoms with E-state index in [1.165, 1.54) is 75.0 Å². The van der Waals surface area contributed by atoms with Crippen LogP contribution in [0.25, 0.3) is 43.1 Å². The molecule has 0 atom stereocenters. The van der Waals surface area contributed by atoms with Crippen LogP contribution in [0.2, 0.25) is 12.6 Å². The van der Waals surface area contributed by atoms with E-state index in [1.807, 2.05) is 0 Å². The lowest BCUT2D eigenvalue weighted by atomic mass is 9.64. The number of fused-ring (bicyclic) bond motifs is 3. The molecule has 0 spiro atoms. The largest absolute Gasteiger partial charge is 0.109 e. The summed E-state index contributed by atoms with van der Waals surface area (Å²) in [4.78, 5) is 0. The Morgan fingerprint density at radius 1 is 0.462 bits per heavy atom. The van der Waals surface area contributed by atoms with Gasteiger partial charge in [0.1, 0.15) is 7.28 Å². The highest BCUT2D eigenvalue weighted by Crippen LogP contribution is 2.40. The zero-order valence-corrected chi connectivity index (χ0v) is 15.0. The SMILES string of the molecule is [B]1CCCCC1.c1ccc2c(c1)c1cccc3ccc4cccc2c4c31. The Balaban J connectivity index is 0.000000215. The Kier molecular flexibility index (Phi) is 4.01. The van der Waals surface area contributed by atoms with Crippen LogP contribution in [0.15, 0.2) is 72.8 Å². The number of benzene rings is 5. The van der Waals surface area contributed by atoms with Gasteiger partial charge in [-0.2, -0.15) is 0 Å². The molecule has 0 aromatic heterocycles. The van der Waals surface area contributed by atoms with E-state index < -0.39 is 0 Å². The van der Waals surface area contributed by atoms with Gasteiger partial charge in [0.2, 0.25) is 0 Å². The van der Waals surface area contributed by atoms with Crippen LogP contribution >= 0.6 is 0 Å². The third-order valence-electron chi connectivity index (χ3n) is 5.71. The van der Waals surface area contributed by atoms with E-state index in [2.05, 4.69) is 80.1 Å². The third kappa shape index (κ3) is 2.54. The number of hydrogen-bond acceptors (Lipinski definition) is 0. The number of hydrogen-bond donors (Lipinski definition) is 0. The molecule has 1 heterocycles. The molecule has 1 radical (unpaired) electrons. The second kappa shape index (κ2) is 6.65. The molecule has 1 aliphatic heterocycles. The van der Waals surface area contributed by atoms with Gasteiger partial charge in [0.25, 0.3) is 0 Å². The van der Waals surface area contributed by atoms with Gasteiger partial charge in [-0.25, -0.2) is 0 Å². The fourth-order valence-corrected chi connectivity index (χ4v) is 4.46. The van der Waals surface area contributed by atoms with Crippen molar-refractivity contribution < 1.29 is 0 Å². The zero-order chi connectivity index (χ0) is 17.3. The first-order valence-corrected chi connectivity index (χ1v) is 9.79. The topological polar surface area (TPSA) is 0 Å². The molecule has 0 N–H and O–H groups in total. The van der Waals surface area contributed by atoms with Crippen LogP contribution in [-0.2, 0) is 0 Å². The molecular weight excluding hydrogens is 311 g/mol. The second-order valence-electron chi connectivity index (χ2n) is 7.35. The van der Waals surface area contributed by atoms with Gasteiger partial charge in [0, 0.05) is 0 Å². The Labute approximate surface area is 155 Å². The zero-order valence-electron chi connectivity index (χ0n) is 15.0. The molecule has 0 saturated carbocycles. The molecule has 0 unspecified atom stereocenters. The van der Waals surface area contributed by atoms with Crippen LogP contribution in [-0.4, -0.2) is 7.28 Å². The van der Waals surface area contributed by atoms with E-state index in [0.717, 1.165) is 0 Å². The molecule has 0 amide bonds. The first kappa shape index (κ1) is 15.7. The van der Waals surface area contributed by atoms with Crippen molar-refractivity contribution >= 4 is 50.4 Å². The van der Waals surface area contributed by atoms with Crippen LogP contribution < -0.4 is 0 Å². The minimum atomic E-state index is 1.33.